The fourth-order valence-electron chi connectivity index (χ4n) is 12.2. The first-order valence-corrected chi connectivity index (χ1v) is 16.5. The lowest BCUT2D eigenvalue weighted by Gasteiger charge is -2.71. The molecule has 0 aromatic carbocycles. The highest BCUT2D eigenvalue weighted by Gasteiger charge is 2.69. The molecule has 5 nitrogen and oxygen atoms in total. The van der Waals surface area contributed by atoms with Crippen molar-refractivity contribution in [2.24, 2.45) is 50.2 Å². The van der Waals surface area contributed by atoms with Crippen molar-refractivity contribution in [2.45, 2.75) is 138 Å². The lowest BCUT2D eigenvalue weighted by Crippen LogP contribution is -2.65. The van der Waals surface area contributed by atoms with E-state index in [1.165, 1.54) is 12.8 Å². The van der Waals surface area contributed by atoms with Gasteiger partial charge in [-0.1, -0.05) is 60.1 Å². The first kappa shape index (κ1) is 28.7. The zero-order valence-electron chi connectivity index (χ0n) is 26.3. The van der Waals surface area contributed by atoms with Crippen LogP contribution in [0.4, 0.5) is 0 Å². The predicted octanol–water partition coefficient (Wildman–Crippen LogP) is 7.22. The van der Waals surface area contributed by atoms with Gasteiger partial charge >= 0.3 is 5.97 Å². The lowest BCUT2D eigenvalue weighted by molar-refractivity contribution is -0.204. The van der Waals surface area contributed by atoms with Crippen molar-refractivity contribution in [3.05, 3.63) is 11.6 Å². The number of likely N-dealkylation sites (tertiary alicyclic amines) is 1. The van der Waals surface area contributed by atoms with Crippen LogP contribution in [0, 0.1) is 50.2 Å². The Balaban J connectivity index is 1.42. The van der Waals surface area contributed by atoms with E-state index in [0.29, 0.717) is 24.8 Å². The topological polar surface area (TPSA) is 77.8 Å². The molecule has 6 aliphatic rings. The Morgan fingerprint density at radius 1 is 0.875 bits per heavy atom. The van der Waals surface area contributed by atoms with Crippen LogP contribution < -0.4 is 0 Å². The highest BCUT2D eigenvalue weighted by Crippen LogP contribution is 2.76. The molecular formula is C35H55NO4. The minimum atomic E-state index is -0.839. The molecule has 0 aromatic rings. The fourth-order valence-corrected chi connectivity index (χ4v) is 12.2. The van der Waals surface area contributed by atoms with Crippen molar-refractivity contribution in [2.75, 3.05) is 6.54 Å². The summed E-state index contributed by atoms with van der Waals surface area (Å²) < 4.78 is 0. The highest BCUT2D eigenvalue weighted by molar-refractivity contribution is 5.89. The zero-order valence-corrected chi connectivity index (χ0v) is 26.3. The summed E-state index contributed by atoms with van der Waals surface area (Å²) >= 11 is 0. The van der Waals surface area contributed by atoms with Crippen LogP contribution in [0.2, 0.25) is 0 Å². The molecule has 5 heteroatoms. The van der Waals surface area contributed by atoms with E-state index in [1.807, 2.05) is 0 Å². The standard InChI is InChI=1S/C35H55NO4/c1-30(2)16-18-35(29(40)36-20-8-9-24(36)28(38)39)19-17-33(6)22(23(35)21-30)10-11-26-32(5)14-13-27(37)31(3,4)25(32)12-15-34(26,33)7/h10,23-27,37H,8-9,11-21H2,1-7H3,(H,38,39)/t23-,24-,25-,26+,27-,32-,33+,34+,35-/m0/s1. The summed E-state index contributed by atoms with van der Waals surface area (Å²) in [6.07, 6.45) is 14.0. The molecule has 0 unspecified atom stereocenters. The van der Waals surface area contributed by atoms with E-state index in [2.05, 4.69) is 54.5 Å². The van der Waals surface area contributed by atoms with Crippen LogP contribution in [0.3, 0.4) is 0 Å². The molecule has 5 fully saturated rings. The monoisotopic (exact) mass is 553 g/mol. The second kappa shape index (κ2) is 8.83. The highest BCUT2D eigenvalue weighted by atomic mass is 16.4. The summed E-state index contributed by atoms with van der Waals surface area (Å²) in [7, 11) is 0. The maximum absolute atomic E-state index is 14.6. The normalized spacial score (nSPS) is 49.1. The van der Waals surface area contributed by atoms with Crippen molar-refractivity contribution in [1.82, 2.24) is 4.90 Å². The van der Waals surface area contributed by atoms with Crippen LogP contribution >= 0.6 is 0 Å². The molecule has 224 valence electrons. The van der Waals surface area contributed by atoms with Crippen LogP contribution in [0.5, 0.6) is 0 Å². The molecule has 1 heterocycles. The van der Waals surface area contributed by atoms with Crippen LogP contribution in [-0.4, -0.2) is 45.7 Å². The van der Waals surface area contributed by atoms with Gasteiger partial charge in [0.1, 0.15) is 6.04 Å². The van der Waals surface area contributed by atoms with Crippen LogP contribution in [0.1, 0.15) is 126 Å². The number of aliphatic hydroxyl groups excluding tert-OH is 1. The van der Waals surface area contributed by atoms with Gasteiger partial charge in [0.05, 0.1) is 11.5 Å². The van der Waals surface area contributed by atoms with Crippen LogP contribution in [0.25, 0.3) is 0 Å². The van der Waals surface area contributed by atoms with Crippen LogP contribution in [0.15, 0.2) is 11.6 Å². The average molecular weight is 554 g/mol. The number of amides is 1. The van der Waals surface area contributed by atoms with Crippen molar-refractivity contribution in [1.29, 1.82) is 0 Å². The zero-order chi connectivity index (χ0) is 29.1. The van der Waals surface area contributed by atoms with Crippen LogP contribution in [-0.2, 0) is 9.59 Å². The number of allylic oxidation sites excluding steroid dienone is 2. The molecule has 1 saturated heterocycles. The van der Waals surface area contributed by atoms with Gasteiger partial charge < -0.3 is 15.1 Å². The quantitative estimate of drug-likeness (QED) is 0.354. The minimum absolute atomic E-state index is 0.0448. The first-order chi connectivity index (χ1) is 18.5. The molecule has 5 aliphatic carbocycles. The van der Waals surface area contributed by atoms with E-state index in [-0.39, 0.29) is 45.0 Å². The molecule has 1 amide bonds. The van der Waals surface area contributed by atoms with Crippen molar-refractivity contribution >= 4 is 11.9 Å². The first-order valence-electron chi connectivity index (χ1n) is 16.5. The third-order valence-electron chi connectivity index (χ3n) is 14.8. The Kier molecular flexibility index (Phi) is 6.35. The second-order valence-electron chi connectivity index (χ2n) is 17.2. The molecular weight excluding hydrogens is 498 g/mol. The summed E-state index contributed by atoms with van der Waals surface area (Å²) in [5, 5.41) is 21.0. The van der Waals surface area contributed by atoms with Gasteiger partial charge in [0, 0.05) is 6.54 Å². The smallest absolute Gasteiger partial charge is 0.326 e. The number of aliphatic carboxylic acids is 1. The van der Waals surface area contributed by atoms with Crippen molar-refractivity contribution in [3.8, 4) is 0 Å². The van der Waals surface area contributed by atoms with Crippen molar-refractivity contribution < 1.29 is 19.8 Å². The van der Waals surface area contributed by atoms with Crippen molar-refractivity contribution in [3.63, 3.8) is 0 Å². The minimum Gasteiger partial charge on any atom is -0.480 e. The largest absolute Gasteiger partial charge is 0.480 e. The third-order valence-corrected chi connectivity index (χ3v) is 14.8. The summed E-state index contributed by atoms with van der Waals surface area (Å²) in [6, 6.07) is -0.659. The second-order valence-corrected chi connectivity index (χ2v) is 17.2. The maximum Gasteiger partial charge on any atom is 0.326 e. The number of carboxylic acids is 1. The fraction of sp³-hybridized carbons (Fsp3) is 0.886. The number of carbonyl (C=O) groups excluding carboxylic acids is 1. The molecule has 4 saturated carbocycles. The van der Waals surface area contributed by atoms with E-state index in [9.17, 15) is 19.8 Å². The SMILES string of the molecule is CC1(C)CC[C@]2(C(=O)N3CCC[C@H]3C(=O)O)CC[C@]3(C)C(=CC[C@@H]4[C@@]5(C)CC[C@H](O)C(C)(C)[C@@H]5CC[C@]43C)[C@@H]2C1. The molecule has 9 atom stereocenters. The number of hydrogen-bond acceptors (Lipinski definition) is 3. The maximum atomic E-state index is 14.6. The third kappa shape index (κ3) is 3.60. The Morgan fingerprint density at radius 3 is 2.27 bits per heavy atom. The Labute approximate surface area is 242 Å². The molecule has 0 radical (unpaired) electrons. The average Bonchev–Trinajstić information content (AvgIpc) is 3.37. The summed E-state index contributed by atoms with van der Waals surface area (Å²) in [5.41, 5.74) is 1.62. The lowest BCUT2D eigenvalue weighted by atomic mass is 9.33. The van der Waals surface area contributed by atoms with E-state index >= 15 is 0 Å². The number of carboxylic acid groups (broad SMARTS) is 1. The Bertz CT molecular complexity index is 1120. The summed E-state index contributed by atoms with van der Waals surface area (Å²) in [6.45, 7) is 17.6. The van der Waals surface area contributed by atoms with Gasteiger partial charge in [-0.15, -0.1) is 0 Å². The summed E-state index contributed by atoms with van der Waals surface area (Å²) in [4.78, 5) is 28.5. The number of carbonyl (C=O) groups is 2. The van der Waals surface area contributed by atoms with Gasteiger partial charge in [-0.05, 0) is 122 Å². The van der Waals surface area contributed by atoms with Gasteiger partial charge in [-0.25, -0.2) is 4.79 Å². The van der Waals surface area contributed by atoms with Gasteiger partial charge in [-0.3, -0.25) is 4.79 Å². The molecule has 0 aromatic heterocycles. The Morgan fingerprint density at radius 2 is 1.57 bits per heavy atom. The van der Waals surface area contributed by atoms with Gasteiger partial charge in [0.2, 0.25) is 5.91 Å². The molecule has 0 spiro atoms. The van der Waals surface area contributed by atoms with E-state index in [4.69, 9.17) is 0 Å². The molecule has 1 aliphatic heterocycles. The van der Waals surface area contributed by atoms with Gasteiger partial charge in [0.25, 0.3) is 0 Å². The van der Waals surface area contributed by atoms with E-state index in [1.54, 1.807) is 10.5 Å². The number of fused-ring (bicyclic) bond motifs is 7. The molecule has 40 heavy (non-hydrogen) atoms. The Hall–Kier alpha value is -1.36. The number of hydrogen-bond donors (Lipinski definition) is 2. The molecule has 2 N–H and O–H groups in total. The van der Waals surface area contributed by atoms with E-state index in [0.717, 1.165) is 57.8 Å². The van der Waals surface area contributed by atoms with E-state index < -0.39 is 17.4 Å². The van der Waals surface area contributed by atoms with Gasteiger partial charge in [0.15, 0.2) is 0 Å². The molecule has 6 rings (SSSR count). The predicted molar refractivity (Wildman–Crippen MR) is 157 cm³/mol. The van der Waals surface area contributed by atoms with Gasteiger partial charge in [-0.2, -0.15) is 0 Å². The number of rotatable bonds is 2. The number of aliphatic hydroxyl groups is 1. The number of nitrogens with zero attached hydrogens (tertiary/aromatic N) is 1. The summed E-state index contributed by atoms with van der Waals surface area (Å²) in [5.74, 6) is 0.612. The molecule has 0 bridgehead atoms.